The van der Waals surface area contributed by atoms with Gasteiger partial charge in [-0.05, 0) is 26.8 Å². The molecule has 0 unspecified atom stereocenters. The molecule has 2 aromatic heterocycles. The standard InChI is InChI=1S/C14H22N6O/c1-10(7-19-9-15-8-17-19)14(21)16-6-13(4)20-12(3)5-11(2)18-20/h5,8-10,13H,6-7H2,1-4H3,(H,16,21)/t10-,13-/m0/s1. The molecule has 0 bridgehead atoms. The Morgan fingerprint density at radius 1 is 1.38 bits per heavy atom. The summed E-state index contributed by atoms with van der Waals surface area (Å²) in [6, 6.07) is 2.16. The van der Waals surface area contributed by atoms with Gasteiger partial charge >= 0.3 is 0 Å². The third-order valence-corrected chi connectivity index (χ3v) is 3.41. The Labute approximate surface area is 124 Å². The van der Waals surface area contributed by atoms with Gasteiger partial charge in [0.1, 0.15) is 12.7 Å². The first-order chi connectivity index (χ1) is 9.97. The van der Waals surface area contributed by atoms with E-state index in [1.165, 1.54) is 6.33 Å². The monoisotopic (exact) mass is 290 g/mol. The van der Waals surface area contributed by atoms with Crippen LogP contribution in [0.2, 0.25) is 0 Å². The highest BCUT2D eigenvalue weighted by molar-refractivity contribution is 5.78. The first-order valence-electron chi connectivity index (χ1n) is 7.10. The molecule has 1 amide bonds. The number of hydrogen-bond donors (Lipinski definition) is 1. The lowest BCUT2D eigenvalue weighted by atomic mass is 10.1. The van der Waals surface area contributed by atoms with Crippen LogP contribution in [0.1, 0.15) is 31.3 Å². The highest BCUT2D eigenvalue weighted by Gasteiger charge is 2.16. The molecule has 7 nitrogen and oxygen atoms in total. The van der Waals surface area contributed by atoms with Gasteiger partial charge in [-0.2, -0.15) is 10.2 Å². The molecule has 1 N–H and O–H groups in total. The minimum Gasteiger partial charge on any atom is -0.354 e. The van der Waals surface area contributed by atoms with E-state index >= 15 is 0 Å². The molecule has 0 saturated carbocycles. The van der Waals surface area contributed by atoms with Crippen LogP contribution in [-0.4, -0.2) is 37.0 Å². The summed E-state index contributed by atoms with van der Waals surface area (Å²) in [5.41, 5.74) is 2.09. The second-order valence-electron chi connectivity index (χ2n) is 5.48. The number of aryl methyl sites for hydroxylation is 2. The van der Waals surface area contributed by atoms with Gasteiger partial charge in [-0.15, -0.1) is 0 Å². The van der Waals surface area contributed by atoms with Crippen LogP contribution >= 0.6 is 0 Å². The number of aromatic nitrogens is 5. The van der Waals surface area contributed by atoms with E-state index in [9.17, 15) is 4.79 Å². The minimum atomic E-state index is -0.153. The predicted octanol–water partition coefficient (Wildman–Crippen LogP) is 1.10. The molecular formula is C14H22N6O. The van der Waals surface area contributed by atoms with Crippen LogP contribution in [0.5, 0.6) is 0 Å². The molecule has 0 saturated heterocycles. The highest BCUT2D eigenvalue weighted by Crippen LogP contribution is 2.10. The molecule has 2 rings (SSSR count). The molecule has 2 atom stereocenters. The van der Waals surface area contributed by atoms with Gasteiger partial charge in [0, 0.05) is 12.2 Å². The van der Waals surface area contributed by atoms with E-state index in [0.717, 1.165) is 11.4 Å². The topological polar surface area (TPSA) is 77.6 Å². The molecule has 0 aliphatic rings. The highest BCUT2D eigenvalue weighted by atomic mass is 16.1. The van der Waals surface area contributed by atoms with E-state index in [1.807, 2.05) is 38.4 Å². The number of carbonyl (C=O) groups is 1. The Morgan fingerprint density at radius 3 is 2.71 bits per heavy atom. The zero-order chi connectivity index (χ0) is 15.4. The lowest BCUT2D eigenvalue weighted by molar-refractivity contribution is -0.125. The SMILES string of the molecule is Cc1cc(C)n([C@@H](C)CNC(=O)[C@@H](C)Cn2cncn2)n1. The number of hydrogen-bond acceptors (Lipinski definition) is 4. The molecule has 0 aliphatic carbocycles. The fraction of sp³-hybridized carbons (Fsp3) is 0.571. The molecule has 0 fully saturated rings. The van der Waals surface area contributed by atoms with E-state index in [2.05, 4.69) is 20.5 Å². The van der Waals surface area contributed by atoms with Crippen LogP contribution in [0.15, 0.2) is 18.7 Å². The lowest BCUT2D eigenvalue weighted by Gasteiger charge is -2.17. The first-order valence-corrected chi connectivity index (χ1v) is 7.10. The molecule has 0 aromatic carbocycles. The second-order valence-corrected chi connectivity index (χ2v) is 5.48. The molecular weight excluding hydrogens is 268 g/mol. The van der Waals surface area contributed by atoms with Crippen LogP contribution in [-0.2, 0) is 11.3 Å². The van der Waals surface area contributed by atoms with Crippen LogP contribution in [0.25, 0.3) is 0 Å². The van der Waals surface area contributed by atoms with Gasteiger partial charge in [-0.1, -0.05) is 6.92 Å². The van der Waals surface area contributed by atoms with Crippen LogP contribution in [0.4, 0.5) is 0 Å². The Hall–Kier alpha value is -2.18. The molecule has 0 aliphatic heterocycles. The predicted molar refractivity (Wildman–Crippen MR) is 78.6 cm³/mol. The third-order valence-electron chi connectivity index (χ3n) is 3.41. The van der Waals surface area contributed by atoms with Crippen molar-refractivity contribution in [1.82, 2.24) is 29.9 Å². The largest absolute Gasteiger partial charge is 0.354 e. The van der Waals surface area contributed by atoms with Crippen molar-refractivity contribution in [3.8, 4) is 0 Å². The summed E-state index contributed by atoms with van der Waals surface area (Å²) in [4.78, 5) is 16.0. The normalized spacial score (nSPS) is 13.9. The number of rotatable bonds is 6. The maximum Gasteiger partial charge on any atom is 0.224 e. The zero-order valence-electron chi connectivity index (χ0n) is 12.9. The molecule has 7 heteroatoms. The number of nitrogens with one attached hydrogen (secondary N) is 1. The number of amides is 1. The van der Waals surface area contributed by atoms with Gasteiger partial charge < -0.3 is 5.32 Å². The second kappa shape index (κ2) is 6.51. The summed E-state index contributed by atoms with van der Waals surface area (Å²) in [5, 5.41) is 11.4. The van der Waals surface area contributed by atoms with Crippen LogP contribution < -0.4 is 5.32 Å². The van der Waals surface area contributed by atoms with Crippen molar-refractivity contribution in [3.63, 3.8) is 0 Å². The van der Waals surface area contributed by atoms with E-state index < -0.39 is 0 Å². The fourth-order valence-electron chi connectivity index (χ4n) is 2.29. The van der Waals surface area contributed by atoms with Crippen molar-refractivity contribution in [2.45, 2.75) is 40.3 Å². The van der Waals surface area contributed by atoms with E-state index in [0.29, 0.717) is 13.1 Å². The summed E-state index contributed by atoms with van der Waals surface area (Å²) >= 11 is 0. The van der Waals surface area contributed by atoms with E-state index in [1.54, 1.807) is 11.0 Å². The smallest absolute Gasteiger partial charge is 0.224 e. The van der Waals surface area contributed by atoms with Gasteiger partial charge in [-0.25, -0.2) is 4.98 Å². The fourth-order valence-corrected chi connectivity index (χ4v) is 2.29. The van der Waals surface area contributed by atoms with Crippen molar-refractivity contribution in [2.24, 2.45) is 5.92 Å². The molecule has 0 radical (unpaired) electrons. The van der Waals surface area contributed by atoms with Crippen molar-refractivity contribution in [2.75, 3.05) is 6.54 Å². The van der Waals surface area contributed by atoms with Crippen LogP contribution in [0, 0.1) is 19.8 Å². The Morgan fingerprint density at radius 2 is 2.14 bits per heavy atom. The third kappa shape index (κ3) is 3.90. The Kier molecular flexibility index (Phi) is 4.72. The molecule has 2 heterocycles. The van der Waals surface area contributed by atoms with Crippen molar-refractivity contribution >= 4 is 5.91 Å². The maximum atomic E-state index is 12.1. The summed E-state index contributed by atoms with van der Waals surface area (Å²) in [7, 11) is 0. The average Bonchev–Trinajstić information content (AvgIpc) is 3.05. The van der Waals surface area contributed by atoms with Crippen molar-refractivity contribution < 1.29 is 4.79 Å². The maximum absolute atomic E-state index is 12.1. The van der Waals surface area contributed by atoms with Gasteiger partial charge in [-0.3, -0.25) is 14.2 Å². The molecule has 2 aromatic rings. The molecule has 114 valence electrons. The van der Waals surface area contributed by atoms with E-state index in [-0.39, 0.29) is 17.9 Å². The summed E-state index contributed by atoms with van der Waals surface area (Å²) in [6.07, 6.45) is 3.08. The Balaban J connectivity index is 1.84. The average molecular weight is 290 g/mol. The quantitative estimate of drug-likeness (QED) is 0.864. The number of nitrogens with zero attached hydrogens (tertiary/aromatic N) is 5. The minimum absolute atomic E-state index is 0.0129. The molecule has 21 heavy (non-hydrogen) atoms. The zero-order valence-corrected chi connectivity index (χ0v) is 12.9. The summed E-state index contributed by atoms with van der Waals surface area (Å²) in [6.45, 7) is 9.00. The van der Waals surface area contributed by atoms with Crippen molar-refractivity contribution in [3.05, 3.63) is 30.1 Å². The van der Waals surface area contributed by atoms with Gasteiger partial charge in [0.2, 0.25) is 5.91 Å². The van der Waals surface area contributed by atoms with Gasteiger partial charge in [0.15, 0.2) is 0 Å². The summed E-state index contributed by atoms with van der Waals surface area (Å²) < 4.78 is 3.60. The Bertz CT molecular complexity index is 589. The summed E-state index contributed by atoms with van der Waals surface area (Å²) in [5.74, 6) is -0.141. The molecule has 0 spiro atoms. The van der Waals surface area contributed by atoms with Gasteiger partial charge in [0.25, 0.3) is 0 Å². The first kappa shape index (κ1) is 15.2. The number of carbonyl (C=O) groups excluding carboxylic acids is 1. The van der Waals surface area contributed by atoms with Crippen LogP contribution in [0.3, 0.4) is 0 Å². The lowest BCUT2D eigenvalue weighted by Crippen LogP contribution is -2.35. The van der Waals surface area contributed by atoms with Crippen molar-refractivity contribution in [1.29, 1.82) is 0 Å². The van der Waals surface area contributed by atoms with Gasteiger partial charge in [0.05, 0.1) is 24.2 Å². The van der Waals surface area contributed by atoms with E-state index in [4.69, 9.17) is 0 Å².